The molecule has 0 atom stereocenters. The molecule has 0 saturated carbocycles. The summed E-state index contributed by atoms with van der Waals surface area (Å²) in [5.41, 5.74) is 3.28. The maximum Gasteiger partial charge on any atom is 0.269 e. The number of nitrogens with zero attached hydrogens (tertiary/aromatic N) is 1. The number of phenolic OH excluding ortho intramolecular Hbond substituents is 1. The minimum absolute atomic E-state index is 0.0221. The highest BCUT2D eigenvalue weighted by atomic mass is 16.6. The minimum Gasteiger partial charge on any atom is -0.507 e. The molecule has 5 heteroatoms. The Labute approximate surface area is 150 Å². The van der Waals surface area contributed by atoms with Crippen LogP contribution in [0.1, 0.15) is 49.9 Å². The lowest BCUT2D eigenvalue weighted by Gasteiger charge is -2.17. The summed E-state index contributed by atoms with van der Waals surface area (Å²) in [7, 11) is 0. The van der Waals surface area contributed by atoms with Gasteiger partial charge in [-0.1, -0.05) is 27.7 Å². The van der Waals surface area contributed by atoms with Crippen LogP contribution in [0.5, 0.6) is 17.2 Å². The number of ether oxygens (including phenoxy) is 1. The van der Waals surface area contributed by atoms with Crippen LogP contribution in [0.15, 0.2) is 24.3 Å². The molecular weight excluding hydrogens is 318 g/mol. The summed E-state index contributed by atoms with van der Waals surface area (Å²) in [5.74, 6) is 1.48. The fourth-order valence-corrected chi connectivity index (χ4v) is 2.17. The summed E-state index contributed by atoms with van der Waals surface area (Å²) < 4.78 is 5.86. The molecule has 0 heterocycles. The molecule has 0 unspecified atom stereocenters. The molecule has 5 nitrogen and oxygen atoms in total. The fraction of sp³-hybridized carbons (Fsp3) is 0.400. The van der Waals surface area contributed by atoms with E-state index in [2.05, 4.69) is 0 Å². The van der Waals surface area contributed by atoms with Crippen molar-refractivity contribution in [3.05, 3.63) is 56.6 Å². The third-order valence-electron chi connectivity index (χ3n) is 3.78. The van der Waals surface area contributed by atoms with E-state index in [-0.39, 0.29) is 11.4 Å². The first-order chi connectivity index (χ1) is 11.8. The summed E-state index contributed by atoms with van der Waals surface area (Å²) >= 11 is 0. The average molecular weight is 347 g/mol. The van der Waals surface area contributed by atoms with Crippen LogP contribution in [0, 0.1) is 37.8 Å². The van der Waals surface area contributed by atoms with Gasteiger partial charge in [-0.2, -0.15) is 0 Å². The van der Waals surface area contributed by atoms with Crippen molar-refractivity contribution in [3.63, 3.8) is 0 Å². The predicted octanol–water partition coefficient (Wildman–Crippen LogP) is 6.38. The molecule has 2 aromatic carbocycles. The van der Waals surface area contributed by atoms with E-state index in [9.17, 15) is 15.2 Å². The highest BCUT2D eigenvalue weighted by molar-refractivity contribution is 5.57. The van der Waals surface area contributed by atoms with Crippen LogP contribution in [0.2, 0.25) is 0 Å². The van der Waals surface area contributed by atoms with E-state index in [4.69, 9.17) is 4.74 Å². The second-order valence-corrected chi connectivity index (χ2v) is 5.03. The van der Waals surface area contributed by atoms with Crippen molar-refractivity contribution in [1.82, 2.24) is 0 Å². The van der Waals surface area contributed by atoms with Crippen molar-refractivity contribution >= 4 is 5.69 Å². The SMILES string of the molecule is CC.CC.Cc1c(C)c(Oc2ccc([N+](=O)[O-])cc2)c(C)c(C)c1O. The number of hydrogen-bond acceptors (Lipinski definition) is 4. The molecule has 0 amide bonds. The zero-order valence-corrected chi connectivity index (χ0v) is 16.4. The van der Waals surface area contributed by atoms with Crippen molar-refractivity contribution in [3.8, 4) is 17.2 Å². The van der Waals surface area contributed by atoms with Gasteiger partial charge in [0.05, 0.1) is 4.92 Å². The van der Waals surface area contributed by atoms with Gasteiger partial charge in [-0.05, 0) is 62.1 Å². The Balaban J connectivity index is 0.00000134. The molecule has 2 aromatic rings. The van der Waals surface area contributed by atoms with Gasteiger partial charge < -0.3 is 9.84 Å². The quantitative estimate of drug-likeness (QED) is 0.516. The molecule has 0 bridgehead atoms. The summed E-state index contributed by atoms with van der Waals surface area (Å²) in [6.07, 6.45) is 0. The van der Waals surface area contributed by atoms with Crippen molar-refractivity contribution < 1.29 is 14.8 Å². The number of benzene rings is 2. The largest absolute Gasteiger partial charge is 0.507 e. The van der Waals surface area contributed by atoms with Crippen molar-refractivity contribution in [1.29, 1.82) is 0 Å². The fourth-order valence-electron chi connectivity index (χ4n) is 2.17. The number of aromatic hydroxyl groups is 1. The van der Waals surface area contributed by atoms with Crippen LogP contribution >= 0.6 is 0 Å². The molecule has 0 aliphatic heterocycles. The van der Waals surface area contributed by atoms with Gasteiger partial charge in [0.15, 0.2) is 0 Å². The van der Waals surface area contributed by atoms with Crippen LogP contribution in [0.25, 0.3) is 0 Å². The first-order valence-electron chi connectivity index (χ1n) is 8.54. The van der Waals surface area contributed by atoms with Crippen LogP contribution < -0.4 is 4.74 Å². The number of nitro groups is 1. The number of hydrogen-bond donors (Lipinski definition) is 1. The van der Waals surface area contributed by atoms with E-state index >= 15 is 0 Å². The van der Waals surface area contributed by atoms with Gasteiger partial charge in [0.1, 0.15) is 17.2 Å². The molecular formula is C20H29NO4. The maximum atomic E-state index is 10.6. The van der Waals surface area contributed by atoms with Gasteiger partial charge in [0.25, 0.3) is 5.69 Å². The van der Waals surface area contributed by atoms with E-state index in [1.165, 1.54) is 12.1 Å². The second-order valence-electron chi connectivity index (χ2n) is 5.03. The van der Waals surface area contributed by atoms with E-state index in [0.717, 1.165) is 22.3 Å². The van der Waals surface area contributed by atoms with Crippen molar-refractivity contribution in [2.45, 2.75) is 55.4 Å². The van der Waals surface area contributed by atoms with Crippen LogP contribution in [-0.4, -0.2) is 10.0 Å². The molecule has 0 aromatic heterocycles. The first kappa shape index (κ1) is 22.4. The summed E-state index contributed by atoms with van der Waals surface area (Å²) in [5, 5.41) is 20.7. The molecule has 0 spiro atoms. The topological polar surface area (TPSA) is 72.6 Å². The molecule has 0 saturated heterocycles. The van der Waals surface area contributed by atoms with E-state index in [1.54, 1.807) is 12.1 Å². The summed E-state index contributed by atoms with van der Waals surface area (Å²) in [6, 6.07) is 5.93. The molecule has 0 aliphatic carbocycles. The highest BCUT2D eigenvalue weighted by Crippen LogP contribution is 2.38. The summed E-state index contributed by atoms with van der Waals surface area (Å²) in [4.78, 5) is 10.2. The molecule has 1 N–H and O–H groups in total. The lowest BCUT2D eigenvalue weighted by Crippen LogP contribution is -1.97. The Bertz CT molecular complexity index is 678. The third-order valence-corrected chi connectivity index (χ3v) is 3.78. The Morgan fingerprint density at radius 1 is 0.840 bits per heavy atom. The predicted molar refractivity (Wildman–Crippen MR) is 103 cm³/mol. The average Bonchev–Trinajstić information content (AvgIpc) is 2.65. The Hall–Kier alpha value is -2.56. The van der Waals surface area contributed by atoms with Crippen molar-refractivity contribution in [2.24, 2.45) is 0 Å². The standard InChI is InChI=1S/C16H17NO4.2C2H6/c1-9-11(3)16(12(4)10(2)15(9)18)21-14-7-5-13(6-8-14)17(19)20;2*1-2/h5-8,18H,1-4H3;2*1-2H3. The molecule has 0 fully saturated rings. The second kappa shape index (κ2) is 10.3. The van der Waals surface area contributed by atoms with E-state index < -0.39 is 4.92 Å². The zero-order chi connectivity index (χ0) is 19.7. The van der Waals surface area contributed by atoms with Crippen LogP contribution in [0.3, 0.4) is 0 Å². The normalized spacial score (nSPS) is 9.28. The zero-order valence-electron chi connectivity index (χ0n) is 16.4. The lowest BCUT2D eigenvalue weighted by atomic mass is 9.98. The minimum atomic E-state index is -0.449. The third kappa shape index (κ3) is 5.21. The summed E-state index contributed by atoms with van der Waals surface area (Å²) in [6.45, 7) is 15.4. The van der Waals surface area contributed by atoms with Gasteiger partial charge in [-0.25, -0.2) is 0 Å². The lowest BCUT2D eigenvalue weighted by molar-refractivity contribution is -0.384. The van der Waals surface area contributed by atoms with Gasteiger partial charge in [-0.3, -0.25) is 10.1 Å². The number of nitro benzene ring substituents is 1. The van der Waals surface area contributed by atoms with Gasteiger partial charge in [0.2, 0.25) is 0 Å². The van der Waals surface area contributed by atoms with E-state index in [1.807, 2.05) is 55.4 Å². The number of non-ortho nitro benzene ring substituents is 1. The monoisotopic (exact) mass is 347 g/mol. The molecule has 25 heavy (non-hydrogen) atoms. The van der Waals surface area contributed by atoms with Crippen LogP contribution in [0.4, 0.5) is 5.69 Å². The van der Waals surface area contributed by atoms with Gasteiger partial charge >= 0.3 is 0 Å². The van der Waals surface area contributed by atoms with Gasteiger partial charge in [0, 0.05) is 12.1 Å². The smallest absolute Gasteiger partial charge is 0.269 e. The number of phenols is 1. The van der Waals surface area contributed by atoms with Crippen molar-refractivity contribution in [2.75, 3.05) is 0 Å². The first-order valence-corrected chi connectivity index (χ1v) is 8.54. The maximum absolute atomic E-state index is 10.6. The Kier molecular flexibility index (Phi) is 9.28. The highest BCUT2D eigenvalue weighted by Gasteiger charge is 2.16. The molecule has 0 radical (unpaired) electrons. The van der Waals surface area contributed by atoms with E-state index in [0.29, 0.717) is 11.5 Å². The Morgan fingerprint density at radius 2 is 1.24 bits per heavy atom. The molecule has 138 valence electrons. The number of rotatable bonds is 3. The Morgan fingerprint density at radius 3 is 1.60 bits per heavy atom. The molecule has 2 rings (SSSR count). The molecule has 0 aliphatic rings. The van der Waals surface area contributed by atoms with Crippen LogP contribution in [-0.2, 0) is 0 Å². The van der Waals surface area contributed by atoms with Gasteiger partial charge in [-0.15, -0.1) is 0 Å².